The van der Waals surface area contributed by atoms with Gasteiger partial charge in [-0.1, -0.05) is 6.07 Å². The lowest BCUT2D eigenvalue weighted by Gasteiger charge is -2.05. The molecule has 0 N–H and O–H groups in total. The number of esters is 2. The number of ether oxygens (including phenoxy) is 2. The predicted octanol–water partition coefficient (Wildman–Crippen LogP) is 2.09. The van der Waals surface area contributed by atoms with Crippen LogP contribution in [0.25, 0.3) is 0 Å². The van der Waals surface area contributed by atoms with Crippen LogP contribution in [0.4, 0.5) is 0 Å². The van der Waals surface area contributed by atoms with E-state index in [1.807, 2.05) is 0 Å². The van der Waals surface area contributed by atoms with E-state index in [2.05, 4.69) is 9.72 Å². The fraction of sp³-hybridized carbons (Fsp3) is 0.0714. The smallest absolute Gasteiger partial charge is 0.343 e. The van der Waals surface area contributed by atoms with E-state index >= 15 is 0 Å². The molecule has 0 saturated heterocycles. The van der Waals surface area contributed by atoms with Crippen molar-refractivity contribution in [1.82, 2.24) is 4.98 Å². The molecule has 1 aromatic carbocycles. The number of nitrogens with zero attached hydrogens (tertiary/aromatic N) is 1. The molecule has 0 atom stereocenters. The largest absolute Gasteiger partial charge is 0.465 e. The topological polar surface area (TPSA) is 65.5 Å². The first-order chi connectivity index (χ1) is 9.20. The first-order valence-electron chi connectivity index (χ1n) is 5.51. The van der Waals surface area contributed by atoms with Gasteiger partial charge in [0.05, 0.1) is 18.2 Å². The second kappa shape index (κ2) is 5.77. The van der Waals surface area contributed by atoms with E-state index < -0.39 is 11.9 Å². The van der Waals surface area contributed by atoms with Crippen LogP contribution in [-0.2, 0) is 4.74 Å². The van der Waals surface area contributed by atoms with Gasteiger partial charge in [0.15, 0.2) is 0 Å². The maximum Gasteiger partial charge on any atom is 0.343 e. The van der Waals surface area contributed by atoms with Crippen molar-refractivity contribution in [2.45, 2.75) is 0 Å². The minimum atomic E-state index is -0.544. The van der Waals surface area contributed by atoms with Gasteiger partial charge in [-0.25, -0.2) is 9.59 Å². The predicted molar refractivity (Wildman–Crippen MR) is 67.0 cm³/mol. The number of hydrogen-bond donors (Lipinski definition) is 0. The Kier molecular flexibility index (Phi) is 3.87. The number of hydrogen-bond acceptors (Lipinski definition) is 5. The number of pyridine rings is 1. The Bertz CT molecular complexity index is 595. The lowest BCUT2D eigenvalue weighted by Crippen LogP contribution is -2.10. The van der Waals surface area contributed by atoms with Gasteiger partial charge in [0, 0.05) is 12.4 Å². The van der Waals surface area contributed by atoms with Crippen LogP contribution in [0.15, 0.2) is 48.8 Å². The number of benzene rings is 1. The molecule has 5 nitrogen and oxygen atoms in total. The molecule has 5 heteroatoms. The number of methoxy groups -OCH3 is 1. The van der Waals surface area contributed by atoms with Crippen molar-refractivity contribution in [1.29, 1.82) is 0 Å². The summed E-state index contributed by atoms with van der Waals surface area (Å²) in [6, 6.07) is 9.29. The highest BCUT2D eigenvalue weighted by Gasteiger charge is 2.12. The maximum atomic E-state index is 11.9. The van der Waals surface area contributed by atoms with Gasteiger partial charge < -0.3 is 9.47 Å². The van der Waals surface area contributed by atoms with E-state index in [4.69, 9.17) is 4.74 Å². The zero-order chi connectivity index (χ0) is 13.7. The van der Waals surface area contributed by atoms with Crippen LogP contribution < -0.4 is 4.74 Å². The third kappa shape index (κ3) is 3.16. The average molecular weight is 257 g/mol. The SMILES string of the molecule is COC(=O)c1cccc(C(=O)Oc2ccncc2)c1. The highest BCUT2D eigenvalue weighted by atomic mass is 16.5. The second-order valence-corrected chi connectivity index (χ2v) is 3.64. The molecule has 0 radical (unpaired) electrons. The molecular formula is C14H11NO4. The molecule has 2 aromatic rings. The molecule has 0 saturated carbocycles. The molecule has 0 fully saturated rings. The van der Waals surface area contributed by atoms with Crippen LogP contribution in [0.5, 0.6) is 5.75 Å². The molecular weight excluding hydrogens is 246 g/mol. The molecule has 0 spiro atoms. The summed E-state index contributed by atoms with van der Waals surface area (Å²) in [4.78, 5) is 27.1. The average Bonchev–Trinajstić information content (AvgIpc) is 2.47. The molecule has 2 rings (SSSR count). The van der Waals surface area contributed by atoms with E-state index in [1.165, 1.54) is 25.6 Å². The van der Waals surface area contributed by atoms with Gasteiger partial charge in [-0.3, -0.25) is 4.98 Å². The zero-order valence-corrected chi connectivity index (χ0v) is 10.2. The maximum absolute atomic E-state index is 11.9. The molecule has 0 bridgehead atoms. The molecule has 96 valence electrons. The van der Waals surface area contributed by atoms with Gasteiger partial charge in [0.2, 0.25) is 0 Å². The second-order valence-electron chi connectivity index (χ2n) is 3.64. The van der Waals surface area contributed by atoms with E-state index in [-0.39, 0.29) is 5.56 Å². The molecule has 0 unspecified atom stereocenters. The third-order valence-electron chi connectivity index (χ3n) is 2.38. The van der Waals surface area contributed by atoms with Crippen molar-refractivity contribution in [3.8, 4) is 5.75 Å². The fourth-order valence-electron chi connectivity index (χ4n) is 1.46. The Balaban J connectivity index is 2.18. The quantitative estimate of drug-likeness (QED) is 0.788. The van der Waals surface area contributed by atoms with E-state index in [9.17, 15) is 9.59 Å². The van der Waals surface area contributed by atoms with Crippen LogP contribution in [-0.4, -0.2) is 24.0 Å². The van der Waals surface area contributed by atoms with Gasteiger partial charge in [-0.15, -0.1) is 0 Å². The summed E-state index contributed by atoms with van der Waals surface area (Å²) in [5, 5.41) is 0. The summed E-state index contributed by atoms with van der Waals surface area (Å²) >= 11 is 0. The first kappa shape index (κ1) is 12.8. The standard InChI is InChI=1S/C14H11NO4/c1-18-13(16)10-3-2-4-11(9-10)14(17)19-12-5-7-15-8-6-12/h2-9H,1H3. The van der Waals surface area contributed by atoms with Crippen molar-refractivity contribution < 1.29 is 19.1 Å². The van der Waals surface area contributed by atoms with Crippen molar-refractivity contribution >= 4 is 11.9 Å². The van der Waals surface area contributed by atoms with E-state index in [0.29, 0.717) is 11.3 Å². The van der Waals surface area contributed by atoms with Gasteiger partial charge in [-0.05, 0) is 30.3 Å². The van der Waals surface area contributed by atoms with Crippen LogP contribution in [0.1, 0.15) is 20.7 Å². The van der Waals surface area contributed by atoms with Crippen LogP contribution in [0.3, 0.4) is 0 Å². The Morgan fingerprint density at radius 1 is 1.00 bits per heavy atom. The van der Waals surface area contributed by atoms with Gasteiger partial charge in [-0.2, -0.15) is 0 Å². The normalized spacial score (nSPS) is 9.74. The Morgan fingerprint density at radius 2 is 1.63 bits per heavy atom. The number of carbonyl (C=O) groups is 2. The summed E-state index contributed by atoms with van der Waals surface area (Å²) in [5.74, 6) is -0.654. The molecule has 0 aliphatic rings. The van der Waals surface area contributed by atoms with Gasteiger partial charge >= 0.3 is 11.9 Å². The number of rotatable bonds is 3. The summed E-state index contributed by atoms with van der Waals surface area (Å²) in [5.41, 5.74) is 0.575. The molecule has 0 aliphatic heterocycles. The monoisotopic (exact) mass is 257 g/mol. The highest BCUT2D eigenvalue weighted by Crippen LogP contribution is 2.12. The number of aromatic nitrogens is 1. The van der Waals surface area contributed by atoms with E-state index in [1.54, 1.807) is 30.3 Å². The minimum Gasteiger partial charge on any atom is -0.465 e. The van der Waals surface area contributed by atoms with Crippen molar-refractivity contribution in [2.24, 2.45) is 0 Å². The van der Waals surface area contributed by atoms with Crippen molar-refractivity contribution in [3.05, 3.63) is 59.9 Å². The summed E-state index contributed by atoms with van der Waals surface area (Å²) < 4.78 is 9.73. The van der Waals surface area contributed by atoms with E-state index in [0.717, 1.165) is 0 Å². The number of carbonyl (C=O) groups excluding carboxylic acids is 2. The lowest BCUT2D eigenvalue weighted by molar-refractivity contribution is 0.0600. The Labute approximate surface area is 109 Å². The molecule has 1 heterocycles. The zero-order valence-electron chi connectivity index (χ0n) is 10.2. The van der Waals surface area contributed by atoms with Crippen LogP contribution in [0.2, 0.25) is 0 Å². The van der Waals surface area contributed by atoms with Gasteiger partial charge in [0.25, 0.3) is 0 Å². The minimum absolute atomic E-state index is 0.278. The molecule has 19 heavy (non-hydrogen) atoms. The molecule has 0 amide bonds. The van der Waals surface area contributed by atoms with Crippen LogP contribution in [0, 0.1) is 0 Å². The lowest BCUT2D eigenvalue weighted by atomic mass is 10.1. The summed E-state index contributed by atoms with van der Waals surface area (Å²) in [7, 11) is 1.28. The summed E-state index contributed by atoms with van der Waals surface area (Å²) in [6.45, 7) is 0. The van der Waals surface area contributed by atoms with Gasteiger partial charge in [0.1, 0.15) is 5.75 Å². The van der Waals surface area contributed by atoms with Crippen LogP contribution >= 0.6 is 0 Å². The fourth-order valence-corrected chi connectivity index (χ4v) is 1.46. The van der Waals surface area contributed by atoms with Crippen molar-refractivity contribution in [3.63, 3.8) is 0 Å². The summed E-state index contributed by atoms with van der Waals surface area (Å²) in [6.07, 6.45) is 3.04. The first-order valence-corrected chi connectivity index (χ1v) is 5.51. The Morgan fingerprint density at radius 3 is 2.26 bits per heavy atom. The highest BCUT2D eigenvalue weighted by molar-refractivity contribution is 5.96. The third-order valence-corrected chi connectivity index (χ3v) is 2.38. The Hall–Kier alpha value is -2.69. The van der Waals surface area contributed by atoms with Crippen molar-refractivity contribution in [2.75, 3.05) is 7.11 Å². The molecule has 0 aliphatic carbocycles. The molecule has 1 aromatic heterocycles.